The van der Waals surface area contributed by atoms with E-state index in [1.165, 1.54) is 19.3 Å². The Hall–Kier alpha value is -0.573. The van der Waals surface area contributed by atoms with Gasteiger partial charge in [0.15, 0.2) is 0 Å². The molecule has 0 N–H and O–H groups in total. The van der Waals surface area contributed by atoms with Crippen LogP contribution in [0.3, 0.4) is 0 Å². The molecule has 113 valence electrons. The van der Waals surface area contributed by atoms with E-state index in [1.54, 1.807) is 6.92 Å². The van der Waals surface area contributed by atoms with Crippen LogP contribution in [0.5, 0.6) is 0 Å². The van der Waals surface area contributed by atoms with Crippen molar-refractivity contribution >= 4 is 14.8 Å². The average molecular weight is 294 g/mol. The van der Waals surface area contributed by atoms with E-state index >= 15 is 0 Å². The van der Waals surface area contributed by atoms with Gasteiger partial charge in [-0.1, -0.05) is 40.4 Å². The lowest BCUT2D eigenvalue weighted by Crippen LogP contribution is -2.69. The second kappa shape index (κ2) is 5.01. The standard InChI is InChI=1S/C17H29O2Si/c1-11(2)14(18)19-15(20(6)7)17-10-13(16(17,4)5)9-8-12(17)3/h12-13,15H,1,8-10H2,2-7H3. The largest absolute Gasteiger partial charge is 0.463 e. The number of esters is 1. The van der Waals surface area contributed by atoms with Gasteiger partial charge in [-0.25, -0.2) is 4.79 Å². The van der Waals surface area contributed by atoms with Crippen molar-refractivity contribution in [2.45, 2.75) is 65.8 Å². The van der Waals surface area contributed by atoms with Crippen LogP contribution in [0.1, 0.15) is 47.0 Å². The molecular weight excluding hydrogens is 264 g/mol. The molecule has 3 aliphatic rings. The normalized spacial score (nSPS) is 36.1. The van der Waals surface area contributed by atoms with E-state index < -0.39 is 8.80 Å². The molecule has 4 atom stereocenters. The van der Waals surface area contributed by atoms with E-state index in [2.05, 4.69) is 40.4 Å². The summed E-state index contributed by atoms with van der Waals surface area (Å²) >= 11 is 0. The molecule has 0 saturated heterocycles. The maximum absolute atomic E-state index is 12.1. The van der Waals surface area contributed by atoms with Gasteiger partial charge in [0, 0.05) is 11.0 Å². The lowest BCUT2D eigenvalue weighted by Gasteiger charge is -2.71. The Kier molecular flexibility index (Phi) is 3.96. The zero-order valence-electron chi connectivity index (χ0n) is 13.9. The van der Waals surface area contributed by atoms with Gasteiger partial charge in [0.25, 0.3) is 0 Å². The first-order valence-corrected chi connectivity index (χ1v) is 10.4. The van der Waals surface area contributed by atoms with Crippen molar-refractivity contribution in [2.24, 2.45) is 22.7 Å². The van der Waals surface area contributed by atoms with E-state index in [1.807, 2.05) is 0 Å². The number of carbonyl (C=O) groups is 1. The first kappa shape index (κ1) is 15.8. The first-order valence-electron chi connectivity index (χ1n) is 7.81. The topological polar surface area (TPSA) is 26.3 Å². The molecule has 0 aliphatic heterocycles. The molecule has 4 unspecified atom stereocenters. The molecule has 3 saturated carbocycles. The summed E-state index contributed by atoms with van der Waals surface area (Å²) in [4.78, 5) is 12.1. The van der Waals surface area contributed by atoms with Crippen LogP contribution in [0.4, 0.5) is 0 Å². The number of hydrogen-bond donors (Lipinski definition) is 0. The molecule has 0 amide bonds. The Morgan fingerprint density at radius 1 is 1.35 bits per heavy atom. The third-order valence-corrected chi connectivity index (χ3v) is 7.88. The van der Waals surface area contributed by atoms with Gasteiger partial charge in [0.05, 0.1) is 14.5 Å². The van der Waals surface area contributed by atoms with E-state index in [-0.39, 0.29) is 17.1 Å². The number of hydrogen-bond acceptors (Lipinski definition) is 2. The smallest absolute Gasteiger partial charge is 0.333 e. The second-order valence-corrected chi connectivity index (χ2v) is 10.5. The fourth-order valence-corrected chi connectivity index (χ4v) is 6.98. The van der Waals surface area contributed by atoms with Gasteiger partial charge in [-0.15, -0.1) is 0 Å². The SMILES string of the molecule is C=C(C)C(=O)OC([Si](C)C)C12CC(CCC1C)C2(C)C. The quantitative estimate of drug-likeness (QED) is 0.440. The Morgan fingerprint density at radius 3 is 2.35 bits per heavy atom. The van der Waals surface area contributed by atoms with Crippen LogP contribution in [0, 0.1) is 22.7 Å². The highest BCUT2D eigenvalue weighted by atomic mass is 28.3. The van der Waals surface area contributed by atoms with Crippen molar-refractivity contribution in [2.75, 3.05) is 0 Å². The molecule has 2 nitrogen and oxygen atoms in total. The highest BCUT2D eigenvalue weighted by molar-refractivity contribution is 6.57. The zero-order chi connectivity index (χ0) is 15.3. The average Bonchev–Trinajstić information content (AvgIpc) is 2.35. The fourth-order valence-electron chi connectivity index (χ4n) is 4.83. The van der Waals surface area contributed by atoms with Gasteiger partial charge < -0.3 is 4.74 Å². The molecule has 2 bridgehead atoms. The molecule has 1 radical (unpaired) electrons. The summed E-state index contributed by atoms with van der Waals surface area (Å²) in [6.07, 6.45) is 3.86. The molecule has 0 aromatic heterocycles. The summed E-state index contributed by atoms with van der Waals surface area (Å²) in [6, 6.07) is 0. The molecule has 0 spiro atoms. The molecule has 3 fully saturated rings. The van der Waals surface area contributed by atoms with Crippen molar-refractivity contribution in [3.05, 3.63) is 12.2 Å². The molecule has 3 heteroatoms. The summed E-state index contributed by atoms with van der Waals surface area (Å²) < 4.78 is 5.97. The second-order valence-electron chi connectivity index (χ2n) is 7.78. The summed E-state index contributed by atoms with van der Waals surface area (Å²) in [5.41, 5.74) is 1.12. The van der Waals surface area contributed by atoms with E-state index in [0.29, 0.717) is 16.9 Å². The van der Waals surface area contributed by atoms with Gasteiger partial charge in [-0.3, -0.25) is 0 Å². The van der Waals surface area contributed by atoms with Crippen molar-refractivity contribution in [1.29, 1.82) is 0 Å². The van der Waals surface area contributed by atoms with Gasteiger partial charge >= 0.3 is 5.97 Å². The zero-order valence-corrected chi connectivity index (χ0v) is 14.9. The molecule has 20 heavy (non-hydrogen) atoms. The number of rotatable bonds is 4. The molecule has 3 aliphatic carbocycles. The van der Waals surface area contributed by atoms with Crippen molar-refractivity contribution in [3.63, 3.8) is 0 Å². The van der Waals surface area contributed by atoms with Crippen LogP contribution >= 0.6 is 0 Å². The third-order valence-electron chi connectivity index (χ3n) is 6.20. The maximum Gasteiger partial charge on any atom is 0.333 e. The lowest BCUT2D eigenvalue weighted by molar-refractivity contribution is -0.235. The van der Waals surface area contributed by atoms with Crippen molar-refractivity contribution < 1.29 is 9.53 Å². The minimum absolute atomic E-state index is 0.109. The fraction of sp³-hybridized carbons (Fsp3) is 0.824. The molecule has 0 aromatic carbocycles. The highest BCUT2D eigenvalue weighted by Crippen LogP contribution is 2.71. The van der Waals surface area contributed by atoms with E-state index in [4.69, 9.17) is 4.74 Å². The van der Waals surface area contributed by atoms with Gasteiger partial charge in [-0.2, -0.15) is 0 Å². The van der Waals surface area contributed by atoms with Gasteiger partial charge in [0.1, 0.15) is 0 Å². The predicted octanol–water partition coefficient (Wildman–Crippen LogP) is 4.23. The number of fused-ring (bicyclic) bond motifs is 2. The summed E-state index contributed by atoms with van der Waals surface area (Å²) in [5, 5.41) is 0. The van der Waals surface area contributed by atoms with Crippen LogP contribution in [0.15, 0.2) is 12.2 Å². The minimum Gasteiger partial charge on any atom is -0.463 e. The van der Waals surface area contributed by atoms with Crippen molar-refractivity contribution in [1.82, 2.24) is 0 Å². The molecule has 0 heterocycles. The first-order chi connectivity index (χ1) is 9.14. The third kappa shape index (κ3) is 2.01. The van der Waals surface area contributed by atoms with Crippen LogP contribution < -0.4 is 0 Å². The number of carbonyl (C=O) groups excluding carboxylic acids is 1. The van der Waals surface area contributed by atoms with Crippen LogP contribution in [0.2, 0.25) is 13.1 Å². The Balaban J connectivity index is 2.33. The summed E-state index contributed by atoms with van der Waals surface area (Å²) in [6.45, 7) is 17.2. The highest BCUT2D eigenvalue weighted by Gasteiger charge is 2.68. The Morgan fingerprint density at radius 2 is 1.95 bits per heavy atom. The predicted molar refractivity (Wildman–Crippen MR) is 84.9 cm³/mol. The van der Waals surface area contributed by atoms with Crippen LogP contribution in [-0.2, 0) is 9.53 Å². The van der Waals surface area contributed by atoms with Gasteiger partial charge in [0.2, 0.25) is 0 Å². The Labute approximate surface area is 125 Å². The van der Waals surface area contributed by atoms with E-state index in [9.17, 15) is 4.79 Å². The summed E-state index contributed by atoms with van der Waals surface area (Å²) in [5.74, 6) is 1.25. The lowest BCUT2D eigenvalue weighted by atomic mass is 9.37. The monoisotopic (exact) mass is 293 g/mol. The summed E-state index contributed by atoms with van der Waals surface area (Å²) in [7, 11) is -0.707. The van der Waals surface area contributed by atoms with E-state index in [0.717, 1.165) is 5.92 Å². The molecular formula is C17H29O2Si. The van der Waals surface area contributed by atoms with Crippen LogP contribution in [0.25, 0.3) is 0 Å². The molecule has 0 aromatic rings. The van der Waals surface area contributed by atoms with Crippen LogP contribution in [-0.4, -0.2) is 20.5 Å². The maximum atomic E-state index is 12.1. The Bertz CT molecular complexity index is 427. The number of ether oxygens (including phenoxy) is 1. The van der Waals surface area contributed by atoms with Crippen molar-refractivity contribution in [3.8, 4) is 0 Å². The molecule has 3 rings (SSSR count). The minimum atomic E-state index is -0.707. The van der Waals surface area contributed by atoms with Gasteiger partial charge in [-0.05, 0) is 43.4 Å².